The second kappa shape index (κ2) is 11.8. The van der Waals surface area contributed by atoms with Gasteiger partial charge in [0.15, 0.2) is 0 Å². The number of benzene rings is 3. The number of hydrogen-bond donors (Lipinski definition) is 0. The van der Waals surface area contributed by atoms with Crippen LogP contribution in [0, 0.1) is 19.7 Å². The monoisotopic (exact) mass is 534 g/mol. The first-order chi connectivity index (χ1) is 18.2. The molecule has 4 rings (SSSR count). The van der Waals surface area contributed by atoms with Crippen molar-refractivity contribution in [1.29, 1.82) is 0 Å². The van der Waals surface area contributed by atoms with Gasteiger partial charge in [-0.15, -0.1) is 0 Å². The highest BCUT2D eigenvalue weighted by Gasteiger charge is 2.31. The van der Waals surface area contributed by atoms with Crippen molar-refractivity contribution in [3.63, 3.8) is 0 Å². The topological polar surface area (TPSA) is 66.9 Å². The van der Waals surface area contributed by atoms with Gasteiger partial charge >= 0.3 is 0 Å². The summed E-state index contributed by atoms with van der Waals surface area (Å²) in [4.78, 5) is 14.2. The quantitative estimate of drug-likeness (QED) is 0.310. The summed E-state index contributed by atoms with van der Waals surface area (Å²) in [7, 11) is -2.33. The third kappa shape index (κ3) is 6.20. The highest BCUT2D eigenvalue weighted by atomic mass is 32.2. The van der Waals surface area contributed by atoms with E-state index in [1.165, 1.54) is 28.6 Å². The van der Waals surface area contributed by atoms with Gasteiger partial charge in [-0.2, -0.15) is 4.31 Å². The second-order valence-electron chi connectivity index (χ2n) is 9.18. The fourth-order valence-corrected chi connectivity index (χ4v) is 5.97. The van der Waals surface area contributed by atoms with Crippen molar-refractivity contribution in [1.82, 2.24) is 9.21 Å². The third-order valence-electron chi connectivity index (χ3n) is 6.53. The van der Waals surface area contributed by atoms with Crippen LogP contribution in [-0.2, 0) is 14.8 Å². The highest BCUT2D eigenvalue weighted by molar-refractivity contribution is 7.89. The van der Waals surface area contributed by atoms with Crippen LogP contribution < -0.4 is 4.74 Å². The molecule has 0 bridgehead atoms. The predicted octanol–water partition coefficient (Wildman–Crippen LogP) is 5.17. The van der Waals surface area contributed by atoms with Gasteiger partial charge in [-0.05, 0) is 66.4 Å². The summed E-state index contributed by atoms with van der Waals surface area (Å²) in [5.41, 5.74) is 5.12. The first kappa shape index (κ1) is 27.3. The van der Waals surface area contributed by atoms with E-state index in [0.29, 0.717) is 0 Å². The van der Waals surface area contributed by atoms with Gasteiger partial charge in [0.25, 0.3) is 0 Å². The Bertz CT molecular complexity index is 1470. The van der Waals surface area contributed by atoms with E-state index in [1.807, 2.05) is 56.3 Å². The van der Waals surface area contributed by atoms with Gasteiger partial charge in [-0.25, -0.2) is 12.8 Å². The number of piperazine rings is 1. The first-order valence-electron chi connectivity index (χ1n) is 12.3. The van der Waals surface area contributed by atoms with Crippen molar-refractivity contribution >= 4 is 34.2 Å². The van der Waals surface area contributed by atoms with E-state index in [1.54, 1.807) is 12.0 Å². The van der Waals surface area contributed by atoms with E-state index >= 15 is 0 Å². The number of carbonyl (C=O) groups is 1. The molecule has 1 aliphatic rings. The van der Waals surface area contributed by atoms with Crippen LogP contribution in [0.5, 0.6) is 5.75 Å². The zero-order valence-corrected chi connectivity index (χ0v) is 22.5. The van der Waals surface area contributed by atoms with Crippen molar-refractivity contribution in [3.8, 4) is 5.75 Å². The molecule has 6 nitrogen and oxygen atoms in total. The molecule has 1 aliphatic heterocycles. The van der Waals surface area contributed by atoms with Crippen LogP contribution in [0.3, 0.4) is 0 Å². The molecule has 0 aliphatic carbocycles. The van der Waals surface area contributed by atoms with Crippen molar-refractivity contribution in [3.05, 3.63) is 100 Å². The summed E-state index contributed by atoms with van der Waals surface area (Å²) >= 11 is 0. The number of aryl methyl sites for hydroxylation is 2. The van der Waals surface area contributed by atoms with Gasteiger partial charge in [0.05, 0.1) is 7.11 Å². The Hall–Kier alpha value is -3.75. The van der Waals surface area contributed by atoms with E-state index in [2.05, 4.69) is 12.1 Å². The smallest absolute Gasteiger partial charge is 0.246 e. The molecule has 8 heteroatoms. The van der Waals surface area contributed by atoms with Crippen molar-refractivity contribution in [2.45, 2.75) is 18.7 Å². The van der Waals surface area contributed by atoms with E-state index in [0.717, 1.165) is 39.6 Å². The summed E-state index contributed by atoms with van der Waals surface area (Å²) < 4.78 is 46.2. The standard InChI is InChI=1S/C30H31FN2O4S/c1-22-20-23(2)27(25(21-22)11-8-24-9-12-26(37-3)13-10-24)14-15-30(34)32-16-18-33(19-17-32)38(35,36)29-7-5-4-6-28(29)31/h4-15,20-21H,16-19H2,1-3H3/b11-8+,15-14+. The fourth-order valence-electron chi connectivity index (χ4n) is 4.48. The maximum atomic E-state index is 14.1. The second-order valence-corrected chi connectivity index (χ2v) is 11.1. The molecule has 0 aromatic heterocycles. The minimum Gasteiger partial charge on any atom is -0.497 e. The molecule has 0 spiro atoms. The third-order valence-corrected chi connectivity index (χ3v) is 8.46. The van der Waals surface area contributed by atoms with Gasteiger partial charge in [0.2, 0.25) is 15.9 Å². The zero-order valence-electron chi connectivity index (χ0n) is 21.7. The number of carbonyl (C=O) groups excluding carboxylic acids is 1. The molecule has 3 aromatic rings. The average molecular weight is 535 g/mol. The van der Waals surface area contributed by atoms with Crippen LogP contribution in [-0.4, -0.2) is 56.8 Å². The zero-order chi connectivity index (χ0) is 27.3. The number of hydrogen-bond acceptors (Lipinski definition) is 4. The number of amides is 1. The van der Waals surface area contributed by atoms with Gasteiger partial charge in [-0.3, -0.25) is 4.79 Å². The summed E-state index contributed by atoms with van der Waals surface area (Å²) in [5.74, 6) is -0.182. The van der Waals surface area contributed by atoms with E-state index in [9.17, 15) is 17.6 Å². The number of halogens is 1. The molecule has 3 aromatic carbocycles. The molecule has 0 radical (unpaired) electrons. The van der Waals surface area contributed by atoms with Crippen LogP contribution in [0.15, 0.2) is 71.6 Å². The fraction of sp³-hybridized carbons (Fsp3) is 0.233. The Morgan fingerprint density at radius 1 is 0.921 bits per heavy atom. The van der Waals surface area contributed by atoms with Crippen LogP contribution >= 0.6 is 0 Å². The summed E-state index contributed by atoms with van der Waals surface area (Å²) in [6.45, 7) is 4.71. The number of methoxy groups -OCH3 is 1. The minimum atomic E-state index is -3.96. The predicted molar refractivity (Wildman–Crippen MR) is 149 cm³/mol. The molecule has 1 saturated heterocycles. The Morgan fingerprint density at radius 3 is 2.26 bits per heavy atom. The Kier molecular flexibility index (Phi) is 8.44. The molecule has 0 atom stereocenters. The summed E-state index contributed by atoms with van der Waals surface area (Å²) in [6.07, 6.45) is 7.39. The number of rotatable bonds is 7. The van der Waals surface area contributed by atoms with Crippen molar-refractivity contribution in [2.75, 3.05) is 33.3 Å². The minimum absolute atomic E-state index is 0.107. The first-order valence-corrected chi connectivity index (χ1v) is 13.8. The number of nitrogens with zero attached hydrogens (tertiary/aromatic N) is 2. The van der Waals surface area contributed by atoms with E-state index in [4.69, 9.17) is 4.74 Å². The molecular weight excluding hydrogens is 503 g/mol. The lowest BCUT2D eigenvalue weighted by molar-refractivity contribution is -0.127. The molecule has 38 heavy (non-hydrogen) atoms. The summed E-state index contributed by atoms with van der Waals surface area (Å²) in [5, 5.41) is 0. The Morgan fingerprint density at radius 2 is 1.61 bits per heavy atom. The normalized spacial score (nSPS) is 14.9. The molecule has 1 heterocycles. The molecule has 0 N–H and O–H groups in total. The van der Waals surface area contributed by atoms with Gasteiger partial charge < -0.3 is 9.64 Å². The summed E-state index contributed by atoms with van der Waals surface area (Å²) in [6, 6.07) is 17.2. The van der Waals surface area contributed by atoms with Crippen LogP contribution in [0.1, 0.15) is 27.8 Å². The van der Waals surface area contributed by atoms with Crippen molar-refractivity contribution in [2.24, 2.45) is 0 Å². The number of sulfonamides is 1. The molecule has 198 valence electrons. The Balaban J connectivity index is 1.46. The maximum absolute atomic E-state index is 14.1. The molecule has 0 unspecified atom stereocenters. The van der Waals surface area contributed by atoms with E-state index < -0.39 is 15.8 Å². The molecule has 0 saturated carbocycles. The molecular formula is C30H31FN2O4S. The average Bonchev–Trinajstić information content (AvgIpc) is 2.91. The number of ether oxygens (including phenoxy) is 1. The van der Waals surface area contributed by atoms with Gasteiger partial charge in [0.1, 0.15) is 16.5 Å². The Labute approximate surface area is 223 Å². The SMILES string of the molecule is COc1ccc(/C=C/c2cc(C)cc(C)c2/C=C/C(=O)N2CCN(S(=O)(=O)c3ccccc3F)CC2)cc1. The lowest BCUT2D eigenvalue weighted by Gasteiger charge is -2.33. The van der Waals surface area contributed by atoms with E-state index in [-0.39, 0.29) is 37.0 Å². The van der Waals surface area contributed by atoms with Crippen LogP contribution in [0.2, 0.25) is 0 Å². The molecule has 1 amide bonds. The van der Waals surface area contributed by atoms with Gasteiger partial charge in [-0.1, -0.05) is 54.1 Å². The largest absolute Gasteiger partial charge is 0.497 e. The van der Waals surface area contributed by atoms with Crippen molar-refractivity contribution < 1.29 is 22.3 Å². The lowest BCUT2D eigenvalue weighted by atomic mass is 9.97. The lowest BCUT2D eigenvalue weighted by Crippen LogP contribution is -2.50. The van der Waals surface area contributed by atoms with Gasteiger partial charge in [0, 0.05) is 32.3 Å². The highest BCUT2D eigenvalue weighted by Crippen LogP contribution is 2.23. The van der Waals surface area contributed by atoms with Crippen LogP contribution in [0.4, 0.5) is 4.39 Å². The molecule has 1 fully saturated rings. The maximum Gasteiger partial charge on any atom is 0.246 e. The van der Waals surface area contributed by atoms with Crippen LogP contribution in [0.25, 0.3) is 18.2 Å².